The molecule has 0 radical (unpaired) electrons. The Morgan fingerprint density at radius 1 is 0.976 bits per heavy atom. The summed E-state index contributed by atoms with van der Waals surface area (Å²) >= 11 is 0. The van der Waals surface area contributed by atoms with Gasteiger partial charge in [-0.15, -0.1) is 10.2 Å². The van der Waals surface area contributed by atoms with Gasteiger partial charge in [0.2, 0.25) is 11.7 Å². The van der Waals surface area contributed by atoms with Gasteiger partial charge in [0, 0.05) is 18.2 Å². The lowest BCUT2D eigenvalue weighted by Crippen LogP contribution is -2.47. The molecule has 220 valence electrons. The molecule has 1 N–H and O–H groups in total. The summed E-state index contributed by atoms with van der Waals surface area (Å²) in [7, 11) is 3.20. The van der Waals surface area contributed by atoms with Gasteiger partial charge in [0.15, 0.2) is 6.04 Å². The predicted molar refractivity (Wildman–Crippen MR) is 155 cm³/mol. The number of ether oxygens (including phenoxy) is 2. The summed E-state index contributed by atoms with van der Waals surface area (Å²) in [6.07, 6.45) is 5.13. The van der Waals surface area contributed by atoms with Crippen LogP contribution in [0.25, 0.3) is 11.4 Å². The number of rotatable bonds is 11. The number of furan rings is 1. The Hall–Kier alpha value is -4.67. The van der Waals surface area contributed by atoms with Gasteiger partial charge < -0.3 is 24.1 Å². The highest BCUT2D eigenvalue weighted by Gasteiger charge is 2.35. The lowest BCUT2D eigenvalue weighted by atomic mass is 9.95. The van der Waals surface area contributed by atoms with E-state index in [-0.39, 0.29) is 30.9 Å². The van der Waals surface area contributed by atoms with Crippen molar-refractivity contribution in [1.29, 1.82) is 0 Å². The van der Waals surface area contributed by atoms with Crippen molar-refractivity contribution < 1.29 is 23.5 Å². The third-order valence-electron chi connectivity index (χ3n) is 7.45. The SMILES string of the molecule is COc1ccc(CN(C(=O)Cn2nnc(-c3ccc(OC)cc3)n2)[C@@H](C(=O)NC2CCCCC2)c2ccc(C)o2)cc1. The number of carbonyl (C=O) groups is 2. The van der Waals surface area contributed by atoms with Gasteiger partial charge in [0.25, 0.3) is 5.91 Å². The van der Waals surface area contributed by atoms with E-state index in [1.54, 1.807) is 38.5 Å². The summed E-state index contributed by atoms with van der Waals surface area (Å²) in [5.41, 5.74) is 1.56. The molecule has 1 saturated carbocycles. The first kappa shape index (κ1) is 28.8. The van der Waals surface area contributed by atoms with Crippen LogP contribution >= 0.6 is 0 Å². The minimum absolute atomic E-state index is 0.0618. The van der Waals surface area contributed by atoms with Gasteiger partial charge in [-0.2, -0.15) is 4.80 Å². The van der Waals surface area contributed by atoms with Crippen molar-refractivity contribution in [3.05, 3.63) is 77.7 Å². The molecule has 4 aromatic rings. The number of tetrazole rings is 1. The molecule has 0 spiro atoms. The number of nitrogens with one attached hydrogen (secondary N) is 1. The molecule has 11 nitrogen and oxygen atoms in total. The summed E-state index contributed by atoms with van der Waals surface area (Å²) in [6.45, 7) is 1.76. The van der Waals surface area contributed by atoms with Crippen molar-refractivity contribution in [3.8, 4) is 22.9 Å². The van der Waals surface area contributed by atoms with Crippen LogP contribution < -0.4 is 14.8 Å². The second kappa shape index (κ2) is 13.3. The zero-order valence-electron chi connectivity index (χ0n) is 24.2. The molecule has 11 heteroatoms. The van der Waals surface area contributed by atoms with Gasteiger partial charge in [0.1, 0.15) is 29.6 Å². The second-order valence-electron chi connectivity index (χ2n) is 10.4. The largest absolute Gasteiger partial charge is 0.497 e. The molecule has 0 unspecified atom stereocenters. The zero-order chi connectivity index (χ0) is 29.5. The maximum atomic E-state index is 14.0. The molecular weight excluding hydrogens is 536 g/mol. The van der Waals surface area contributed by atoms with Crippen molar-refractivity contribution in [2.75, 3.05) is 14.2 Å². The summed E-state index contributed by atoms with van der Waals surface area (Å²) in [6, 6.07) is 17.3. The molecule has 1 fully saturated rings. The Kier molecular flexibility index (Phi) is 9.15. The van der Waals surface area contributed by atoms with Crippen molar-refractivity contribution in [2.45, 2.75) is 64.2 Å². The minimum atomic E-state index is -0.986. The van der Waals surface area contributed by atoms with Crippen LogP contribution in [0.5, 0.6) is 11.5 Å². The molecule has 1 aliphatic rings. The monoisotopic (exact) mass is 572 g/mol. The smallest absolute Gasteiger partial charge is 0.250 e. The predicted octanol–water partition coefficient (Wildman–Crippen LogP) is 4.48. The molecule has 1 aliphatic carbocycles. The topological polar surface area (TPSA) is 125 Å². The fraction of sp³-hybridized carbons (Fsp3) is 0.387. The molecule has 2 heterocycles. The summed E-state index contributed by atoms with van der Waals surface area (Å²) in [5.74, 6) is 2.20. The van der Waals surface area contributed by atoms with E-state index >= 15 is 0 Å². The number of aryl methyl sites for hydroxylation is 1. The number of amides is 2. The van der Waals surface area contributed by atoms with Crippen LogP contribution in [0.2, 0.25) is 0 Å². The van der Waals surface area contributed by atoms with Gasteiger partial charge in [-0.3, -0.25) is 9.59 Å². The van der Waals surface area contributed by atoms with E-state index in [9.17, 15) is 9.59 Å². The van der Waals surface area contributed by atoms with Gasteiger partial charge in [-0.25, -0.2) is 0 Å². The minimum Gasteiger partial charge on any atom is -0.497 e. The maximum absolute atomic E-state index is 14.0. The Balaban J connectivity index is 1.44. The molecule has 2 aromatic carbocycles. The average molecular weight is 573 g/mol. The van der Waals surface area contributed by atoms with Crippen molar-refractivity contribution >= 4 is 11.8 Å². The molecule has 2 aromatic heterocycles. The standard InChI is InChI=1S/C31H36N6O5/c1-21-9-18-27(42-21)29(31(39)32-24-7-5-4-6-8-24)36(19-22-10-14-25(40-2)15-11-22)28(38)20-37-34-30(33-35-37)23-12-16-26(41-3)17-13-23/h9-18,24,29H,4-8,19-20H2,1-3H3,(H,32,39)/t29-/m1/s1. The van der Waals surface area contributed by atoms with Crippen LogP contribution in [0.1, 0.15) is 55.2 Å². The summed E-state index contributed by atoms with van der Waals surface area (Å²) < 4.78 is 16.5. The lowest BCUT2D eigenvalue weighted by Gasteiger charge is -2.32. The number of hydrogen-bond acceptors (Lipinski definition) is 8. The van der Waals surface area contributed by atoms with E-state index in [1.807, 2.05) is 43.3 Å². The normalized spacial score (nSPS) is 14.3. The highest BCUT2D eigenvalue weighted by Crippen LogP contribution is 2.28. The van der Waals surface area contributed by atoms with Gasteiger partial charge >= 0.3 is 0 Å². The fourth-order valence-corrected chi connectivity index (χ4v) is 5.18. The molecular formula is C31H36N6O5. The van der Waals surface area contributed by atoms with Crippen molar-refractivity contribution in [3.63, 3.8) is 0 Å². The first-order chi connectivity index (χ1) is 20.4. The highest BCUT2D eigenvalue weighted by atomic mass is 16.5. The van der Waals surface area contributed by atoms with Crippen LogP contribution in [0.3, 0.4) is 0 Å². The molecule has 42 heavy (non-hydrogen) atoms. The molecule has 0 saturated heterocycles. The van der Waals surface area contributed by atoms with E-state index in [2.05, 4.69) is 20.7 Å². The molecule has 0 bridgehead atoms. The summed E-state index contributed by atoms with van der Waals surface area (Å²) in [5, 5.41) is 15.9. The average Bonchev–Trinajstić information content (AvgIpc) is 3.66. The van der Waals surface area contributed by atoms with Crippen molar-refractivity contribution in [1.82, 2.24) is 30.4 Å². The quantitative estimate of drug-likeness (QED) is 0.279. The number of aromatic nitrogens is 4. The van der Waals surface area contributed by atoms with Crippen LogP contribution in [0.4, 0.5) is 0 Å². The van der Waals surface area contributed by atoms with Gasteiger partial charge in [0.05, 0.1) is 14.2 Å². The van der Waals surface area contributed by atoms with Crippen molar-refractivity contribution in [2.24, 2.45) is 0 Å². The van der Waals surface area contributed by atoms with Crippen LogP contribution in [-0.2, 0) is 22.7 Å². The maximum Gasteiger partial charge on any atom is 0.250 e. The highest BCUT2D eigenvalue weighted by molar-refractivity contribution is 5.88. The third kappa shape index (κ3) is 6.96. The zero-order valence-corrected chi connectivity index (χ0v) is 24.2. The molecule has 5 rings (SSSR count). The van der Waals surface area contributed by atoms with Crippen LogP contribution in [-0.4, -0.2) is 57.2 Å². The van der Waals surface area contributed by atoms with E-state index in [0.29, 0.717) is 28.8 Å². The van der Waals surface area contributed by atoms with E-state index in [1.165, 1.54) is 16.1 Å². The Bertz CT molecular complexity index is 1470. The third-order valence-corrected chi connectivity index (χ3v) is 7.45. The van der Waals surface area contributed by atoms with E-state index < -0.39 is 6.04 Å². The number of hydrogen-bond donors (Lipinski definition) is 1. The number of nitrogens with zero attached hydrogens (tertiary/aromatic N) is 5. The second-order valence-corrected chi connectivity index (χ2v) is 10.4. The molecule has 1 atom stereocenters. The first-order valence-electron chi connectivity index (χ1n) is 14.1. The van der Waals surface area contributed by atoms with E-state index in [0.717, 1.165) is 36.8 Å². The van der Waals surface area contributed by atoms with Gasteiger partial charge in [-0.05, 0) is 79.1 Å². The lowest BCUT2D eigenvalue weighted by molar-refractivity contribution is -0.143. The summed E-state index contributed by atoms with van der Waals surface area (Å²) in [4.78, 5) is 30.7. The first-order valence-corrected chi connectivity index (χ1v) is 14.1. The Labute approximate surface area is 244 Å². The van der Waals surface area contributed by atoms with Crippen LogP contribution in [0.15, 0.2) is 65.1 Å². The Morgan fingerprint density at radius 2 is 1.64 bits per heavy atom. The van der Waals surface area contributed by atoms with E-state index in [4.69, 9.17) is 13.9 Å². The number of methoxy groups -OCH3 is 2. The Morgan fingerprint density at radius 3 is 2.26 bits per heavy atom. The van der Waals surface area contributed by atoms with Crippen LogP contribution in [0, 0.1) is 6.92 Å². The number of benzene rings is 2. The molecule has 0 aliphatic heterocycles. The molecule has 2 amide bonds. The number of carbonyl (C=O) groups excluding carboxylic acids is 2. The van der Waals surface area contributed by atoms with Gasteiger partial charge in [-0.1, -0.05) is 31.4 Å². The fourth-order valence-electron chi connectivity index (χ4n) is 5.18.